The molecule has 132 valence electrons. The zero-order valence-corrected chi connectivity index (χ0v) is 17.2. The van der Waals surface area contributed by atoms with Crippen LogP contribution in [0.2, 0.25) is 0 Å². The van der Waals surface area contributed by atoms with Crippen molar-refractivity contribution in [3.05, 3.63) is 34.0 Å². The van der Waals surface area contributed by atoms with Gasteiger partial charge in [0.25, 0.3) is 0 Å². The summed E-state index contributed by atoms with van der Waals surface area (Å²) in [5.74, 6) is 1.68. The van der Waals surface area contributed by atoms with Crippen molar-refractivity contribution in [2.24, 2.45) is 12.0 Å². The molecule has 0 radical (unpaired) electrons. The summed E-state index contributed by atoms with van der Waals surface area (Å²) in [6, 6.07) is 2.25. The first-order chi connectivity index (χ1) is 11.3. The summed E-state index contributed by atoms with van der Waals surface area (Å²) >= 11 is 1.88. The van der Waals surface area contributed by atoms with Gasteiger partial charge in [0.05, 0.1) is 6.54 Å². The van der Waals surface area contributed by atoms with Gasteiger partial charge in [0.1, 0.15) is 12.2 Å². The van der Waals surface area contributed by atoms with Gasteiger partial charge in [-0.2, -0.15) is 5.10 Å². The van der Waals surface area contributed by atoms with E-state index in [2.05, 4.69) is 42.1 Å². The summed E-state index contributed by atoms with van der Waals surface area (Å²) in [5.41, 5.74) is 1.49. The predicted molar refractivity (Wildman–Crippen MR) is 108 cm³/mol. The number of guanidine groups is 1. The van der Waals surface area contributed by atoms with E-state index >= 15 is 0 Å². The lowest BCUT2D eigenvalue weighted by molar-refractivity contribution is 0.260. The average Bonchev–Trinajstić information content (AvgIpc) is 3.19. The molecule has 9 heteroatoms. The molecule has 0 aromatic carbocycles. The molecule has 0 unspecified atom stereocenters. The quantitative estimate of drug-likeness (QED) is 0.398. The molecule has 3 heterocycles. The second-order valence-electron chi connectivity index (χ2n) is 5.55. The predicted octanol–water partition coefficient (Wildman–Crippen LogP) is 1.22. The SMILES string of the molecule is CN=C(NCCN1CCc2sccc2C1)NCc1ncnn1C.I. The molecular formula is C15H24IN7S. The van der Waals surface area contributed by atoms with Crippen LogP contribution in [0.1, 0.15) is 16.3 Å². The normalized spacial score (nSPS) is 14.8. The van der Waals surface area contributed by atoms with Crippen LogP contribution in [0.5, 0.6) is 0 Å². The Labute approximate surface area is 163 Å². The largest absolute Gasteiger partial charge is 0.355 e. The lowest BCUT2D eigenvalue weighted by atomic mass is 10.1. The van der Waals surface area contributed by atoms with E-state index in [4.69, 9.17) is 0 Å². The molecule has 0 saturated carbocycles. The highest BCUT2D eigenvalue weighted by atomic mass is 127. The highest BCUT2D eigenvalue weighted by Gasteiger charge is 2.16. The number of hydrogen-bond acceptors (Lipinski definition) is 5. The standard InChI is InChI=1S/C15H23N7S.HI/c1-16-15(18-9-14-19-11-20-21(14)2)17-5-7-22-6-3-13-12(10-22)4-8-23-13;/h4,8,11H,3,5-7,9-10H2,1-2H3,(H2,16,17,18);1H. The minimum atomic E-state index is 0. The molecule has 0 bridgehead atoms. The Morgan fingerprint density at radius 3 is 3.04 bits per heavy atom. The molecule has 0 amide bonds. The molecule has 1 aliphatic rings. The van der Waals surface area contributed by atoms with E-state index < -0.39 is 0 Å². The molecule has 2 aromatic rings. The van der Waals surface area contributed by atoms with Crippen molar-refractivity contribution in [3.8, 4) is 0 Å². The Bertz CT molecular complexity index is 666. The van der Waals surface area contributed by atoms with Gasteiger partial charge in [0.2, 0.25) is 0 Å². The molecule has 0 spiro atoms. The van der Waals surface area contributed by atoms with Crippen LogP contribution in [0.3, 0.4) is 0 Å². The fraction of sp³-hybridized carbons (Fsp3) is 0.533. The van der Waals surface area contributed by atoms with E-state index in [0.717, 1.165) is 38.0 Å². The van der Waals surface area contributed by atoms with Crippen LogP contribution in [0.25, 0.3) is 0 Å². The fourth-order valence-corrected chi connectivity index (χ4v) is 3.58. The van der Waals surface area contributed by atoms with E-state index in [-0.39, 0.29) is 24.0 Å². The topological polar surface area (TPSA) is 70.4 Å². The molecule has 24 heavy (non-hydrogen) atoms. The van der Waals surface area contributed by atoms with Gasteiger partial charge >= 0.3 is 0 Å². The van der Waals surface area contributed by atoms with E-state index in [1.54, 1.807) is 22.9 Å². The third-order valence-electron chi connectivity index (χ3n) is 4.05. The molecule has 0 fully saturated rings. The number of nitrogens with one attached hydrogen (secondary N) is 2. The Morgan fingerprint density at radius 1 is 1.42 bits per heavy atom. The van der Waals surface area contributed by atoms with Crippen molar-refractivity contribution < 1.29 is 0 Å². The zero-order chi connectivity index (χ0) is 16.1. The van der Waals surface area contributed by atoms with Crippen LogP contribution in [0, 0.1) is 0 Å². The van der Waals surface area contributed by atoms with E-state index in [1.165, 1.54) is 12.0 Å². The van der Waals surface area contributed by atoms with Crippen LogP contribution in [-0.2, 0) is 26.6 Å². The highest BCUT2D eigenvalue weighted by Crippen LogP contribution is 2.23. The van der Waals surface area contributed by atoms with Gasteiger partial charge in [-0.1, -0.05) is 0 Å². The summed E-state index contributed by atoms with van der Waals surface area (Å²) in [6.07, 6.45) is 2.73. The van der Waals surface area contributed by atoms with E-state index in [9.17, 15) is 0 Å². The number of hydrogen-bond donors (Lipinski definition) is 2. The molecule has 3 rings (SSSR count). The van der Waals surface area contributed by atoms with Crippen LogP contribution in [-0.4, -0.2) is 52.3 Å². The average molecular weight is 461 g/mol. The first-order valence-corrected chi connectivity index (χ1v) is 8.69. The van der Waals surface area contributed by atoms with Gasteiger partial charge in [-0.15, -0.1) is 35.3 Å². The second kappa shape index (κ2) is 9.33. The van der Waals surface area contributed by atoms with Crippen LogP contribution in [0.15, 0.2) is 22.8 Å². The minimum absolute atomic E-state index is 0. The van der Waals surface area contributed by atoms with Gasteiger partial charge < -0.3 is 10.6 Å². The van der Waals surface area contributed by atoms with Crippen molar-refractivity contribution in [1.29, 1.82) is 0 Å². The molecular weight excluding hydrogens is 437 g/mol. The lowest BCUT2D eigenvalue weighted by Crippen LogP contribution is -2.42. The number of aliphatic imine (C=N–C) groups is 1. The summed E-state index contributed by atoms with van der Waals surface area (Å²) in [4.78, 5) is 12.5. The molecule has 0 saturated heterocycles. The van der Waals surface area contributed by atoms with Crippen molar-refractivity contribution >= 4 is 41.3 Å². The minimum Gasteiger partial charge on any atom is -0.355 e. The van der Waals surface area contributed by atoms with E-state index in [0.29, 0.717) is 6.54 Å². The van der Waals surface area contributed by atoms with Crippen molar-refractivity contribution in [2.45, 2.75) is 19.5 Å². The monoisotopic (exact) mass is 461 g/mol. The number of halogens is 1. The number of nitrogens with zero attached hydrogens (tertiary/aromatic N) is 5. The zero-order valence-electron chi connectivity index (χ0n) is 14.0. The third kappa shape index (κ3) is 4.90. The molecule has 1 aliphatic heterocycles. The first kappa shape index (κ1) is 19.1. The Balaban J connectivity index is 0.00000208. The smallest absolute Gasteiger partial charge is 0.191 e. The first-order valence-electron chi connectivity index (χ1n) is 7.81. The highest BCUT2D eigenvalue weighted by molar-refractivity contribution is 14.0. The maximum Gasteiger partial charge on any atom is 0.191 e. The Kier molecular flexibility index (Phi) is 7.43. The third-order valence-corrected chi connectivity index (χ3v) is 5.07. The fourth-order valence-electron chi connectivity index (χ4n) is 2.69. The van der Waals surface area contributed by atoms with Gasteiger partial charge in [0.15, 0.2) is 5.96 Å². The summed E-state index contributed by atoms with van der Waals surface area (Å²) in [5, 5.41) is 12.9. The summed E-state index contributed by atoms with van der Waals surface area (Å²) < 4.78 is 1.76. The lowest BCUT2D eigenvalue weighted by Gasteiger charge is -2.27. The molecule has 0 atom stereocenters. The number of rotatable bonds is 5. The van der Waals surface area contributed by atoms with Gasteiger partial charge in [-0.3, -0.25) is 14.6 Å². The van der Waals surface area contributed by atoms with Crippen molar-refractivity contribution in [1.82, 2.24) is 30.3 Å². The van der Waals surface area contributed by atoms with Gasteiger partial charge in [0, 0.05) is 45.2 Å². The van der Waals surface area contributed by atoms with Crippen LogP contribution >= 0.6 is 35.3 Å². The van der Waals surface area contributed by atoms with E-state index in [1.807, 2.05) is 18.4 Å². The Hall–Kier alpha value is -1.20. The maximum absolute atomic E-state index is 4.25. The van der Waals surface area contributed by atoms with Crippen LogP contribution < -0.4 is 10.6 Å². The number of fused-ring (bicyclic) bond motifs is 1. The van der Waals surface area contributed by atoms with Gasteiger partial charge in [-0.25, -0.2) is 4.98 Å². The van der Waals surface area contributed by atoms with Crippen molar-refractivity contribution in [3.63, 3.8) is 0 Å². The van der Waals surface area contributed by atoms with Gasteiger partial charge in [-0.05, 0) is 23.4 Å². The Morgan fingerprint density at radius 2 is 2.29 bits per heavy atom. The van der Waals surface area contributed by atoms with Crippen LogP contribution in [0.4, 0.5) is 0 Å². The maximum atomic E-state index is 4.25. The molecule has 2 N–H and O–H groups in total. The second-order valence-corrected chi connectivity index (χ2v) is 6.55. The number of thiophene rings is 1. The number of aromatic nitrogens is 3. The van der Waals surface area contributed by atoms with Crippen molar-refractivity contribution in [2.75, 3.05) is 26.7 Å². The summed E-state index contributed by atoms with van der Waals surface area (Å²) in [6.45, 7) is 4.70. The summed E-state index contributed by atoms with van der Waals surface area (Å²) in [7, 11) is 3.67. The molecule has 7 nitrogen and oxygen atoms in total. The number of aryl methyl sites for hydroxylation is 1. The molecule has 0 aliphatic carbocycles. The molecule has 2 aromatic heterocycles.